The molecule has 0 aliphatic rings. The van der Waals surface area contributed by atoms with Gasteiger partial charge in [0.1, 0.15) is 0 Å². The van der Waals surface area contributed by atoms with Crippen molar-refractivity contribution in [3.63, 3.8) is 0 Å². The van der Waals surface area contributed by atoms with E-state index >= 15 is 0 Å². The molecule has 0 amide bonds. The molecule has 0 fully saturated rings. The van der Waals surface area contributed by atoms with Crippen molar-refractivity contribution in [2.75, 3.05) is 7.11 Å². The number of benzene rings is 1. The Balaban J connectivity index is 0.000000631. The van der Waals surface area contributed by atoms with Crippen molar-refractivity contribution >= 4 is 35.6 Å². The molecule has 1 aromatic carbocycles. The fraction of sp³-hybridized carbons (Fsp3) is 0.222. The number of rotatable bonds is 3. The molecule has 0 unspecified atom stereocenters. The van der Waals surface area contributed by atoms with Crippen LogP contribution in [-0.2, 0) is 11.3 Å². The first-order chi connectivity index (χ1) is 8.51. The summed E-state index contributed by atoms with van der Waals surface area (Å²) in [5.74, 6) is -0.396. The van der Waals surface area contributed by atoms with Crippen LogP contribution in [0.4, 0.5) is 0 Å². The highest BCUT2D eigenvalue weighted by Crippen LogP contribution is 2.07. The molecule has 0 heterocycles. The van der Waals surface area contributed by atoms with Crippen molar-refractivity contribution in [1.29, 1.82) is 0 Å². The van der Waals surface area contributed by atoms with E-state index in [2.05, 4.69) is 38.0 Å². The van der Waals surface area contributed by atoms with E-state index in [0.29, 0.717) is 5.56 Å². The summed E-state index contributed by atoms with van der Waals surface area (Å²) in [5.41, 5.74) is 9.36. The molecule has 18 heavy (non-hydrogen) atoms. The summed E-state index contributed by atoms with van der Waals surface area (Å²) in [4.78, 5) is 13.7. The average Bonchev–Trinajstić information content (AvgIpc) is 2.35. The van der Waals surface area contributed by atoms with Gasteiger partial charge in [-0.25, -0.2) is 4.79 Å². The van der Waals surface area contributed by atoms with Crippen LogP contribution in [0.1, 0.15) is 15.9 Å². The summed E-state index contributed by atoms with van der Waals surface area (Å²) in [6, 6.07) is 6.78. The predicted octanol–water partition coefficient (Wildman–Crippen LogP) is 0.760. The number of hydrogen-bond acceptors (Lipinski definition) is 3. The van der Waals surface area contributed by atoms with E-state index in [1.807, 2.05) is 0 Å². The standard InChI is InChI=1S/C9H9N3O2.B4/c1-14-9(13)8-4-2-3-7(5-8)6-11-12-10;1-4(2)3/h2-5H,6H2,1H3;. The normalized spacial score (nSPS) is 8.28. The fourth-order valence-corrected chi connectivity index (χ4v) is 1.03. The van der Waals surface area contributed by atoms with Gasteiger partial charge in [-0.1, -0.05) is 17.2 Å². The molecule has 5 nitrogen and oxygen atoms in total. The van der Waals surface area contributed by atoms with E-state index in [1.165, 1.54) is 7.11 Å². The highest BCUT2D eigenvalue weighted by molar-refractivity contribution is 7.49. The minimum Gasteiger partial charge on any atom is -0.465 e. The SMILES string of the molecule is COC(=O)c1cccc(CN=[N+]=[N-])c1.[B]B([B])[B]. The number of hydrogen-bond donors (Lipinski definition) is 0. The van der Waals surface area contributed by atoms with Crippen molar-refractivity contribution in [2.24, 2.45) is 5.11 Å². The van der Waals surface area contributed by atoms with E-state index < -0.39 is 12.4 Å². The zero-order chi connectivity index (χ0) is 14.0. The molecule has 0 aliphatic heterocycles. The summed E-state index contributed by atoms with van der Waals surface area (Å²) in [7, 11) is 15.3. The van der Waals surface area contributed by atoms with Crippen LogP contribution in [0, 0.1) is 0 Å². The molecule has 0 saturated carbocycles. The number of methoxy groups -OCH3 is 1. The first-order valence-electron chi connectivity index (χ1n) is 4.96. The van der Waals surface area contributed by atoms with Gasteiger partial charge in [-0.05, 0) is 23.2 Å². The van der Waals surface area contributed by atoms with Crippen molar-refractivity contribution in [1.82, 2.24) is 0 Å². The highest BCUT2D eigenvalue weighted by atomic mass is 16.5. The van der Waals surface area contributed by atoms with E-state index in [9.17, 15) is 4.79 Å². The first-order valence-corrected chi connectivity index (χ1v) is 4.96. The fourth-order valence-electron chi connectivity index (χ4n) is 1.03. The van der Waals surface area contributed by atoms with Crippen LogP contribution in [0.5, 0.6) is 0 Å². The molecule has 0 aliphatic carbocycles. The third-order valence-corrected chi connectivity index (χ3v) is 1.66. The molecule has 0 atom stereocenters. The molecule has 1 aromatic rings. The van der Waals surface area contributed by atoms with Crippen LogP contribution in [0.25, 0.3) is 10.4 Å². The van der Waals surface area contributed by atoms with E-state index in [-0.39, 0.29) is 6.54 Å². The first kappa shape index (κ1) is 16.3. The topological polar surface area (TPSA) is 75.1 Å². The number of ether oxygens (including phenoxy) is 1. The Bertz CT molecular complexity index is 433. The number of azide groups is 1. The second-order valence-corrected chi connectivity index (χ2v) is 3.16. The monoisotopic (exact) mass is 235 g/mol. The Morgan fingerprint density at radius 3 is 2.61 bits per heavy atom. The molecule has 84 valence electrons. The molecular weight excluding hydrogens is 225 g/mol. The van der Waals surface area contributed by atoms with Gasteiger partial charge in [0.15, 0.2) is 0 Å². The Hall–Kier alpha value is -1.74. The van der Waals surface area contributed by atoms with Crippen molar-refractivity contribution < 1.29 is 9.53 Å². The lowest BCUT2D eigenvalue weighted by Crippen LogP contribution is -2.11. The second kappa shape index (κ2) is 9.31. The molecule has 0 spiro atoms. The number of esters is 1. The van der Waals surface area contributed by atoms with Gasteiger partial charge < -0.3 is 4.74 Å². The average molecular weight is 234 g/mol. The van der Waals surface area contributed by atoms with Gasteiger partial charge in [0, 0.05) is 34.5 Å². The largest absolute Gasteiger partial charge is 0.465 e. The van der Waals surface area contributed by atoms with Gasteiger partial charge in [-0.3, -0.25) is 0 Å². The maximum Gasteiger partial charge on any atom is 0.337 e. The lowest BCUT2D eigenvalue weighted by molar-refractivity contribution is 0.0600. The van der Waals surface area contributed by atoms with Crippen LogP contribution in [0.2, 0.25) is 0 Å². The van der Waals surface area contributed by atoms with Gasteiger partial charge in [-0.15, -0.1) is 0 Å². The highest BCUT2D eigenvalue weighted by Gasteiger charge is 2.04. The molecular formula is C9H9B4N3O2. The molecule has 0 aromatic heterocycles. The van der Waals surface area contributed by atoms with Crippen LogP contribution in [-0.4, -0.2) is 42.7 Å². The smallest absolute Gasteiger partial charge is 0.337 e. The molecule has 0 bridgehead atoms. The summed E-state index contributed by atoms with van der Waals surface area (Å²) in [6.07, 6.45) is -0.667. The van der Waals surface area contributed by atoms with Gasteiger partial charge in [0.2, 0.25) is 0 Å². The maximum atomic E-state index is 11.1. The van der Waals surface area contributed by atoms with Gasteiger partial charge in [-0.2, -0.15) is 0 Å². The van der Waals surface area contributed by atoms with E-state index in [4.69, 9.17) is 5.53 Å². The Morgan fingerprint density at radius 2 is 2.11 bits per heavy atom. The minimum atomic E-state index is -0.667. The summed E-state index contributed by atoms with van der Waals surface area (Å²) < 4.78 is 4.55. The van der Waals surface area contributed by atoms with Gasteiger partial charge >= 0.3 is 5.97 Å². The molecule has 0 N–H and O–H groups in total. The lowest BCUT2D eigenvalue weighted by Gasteiger charge is -2.00. The van der Waals surface area contributed by atoms with E-state index in [0.717, 1.165) is 5.56 Å². The van der Waals surface area contributed by atoms with Crippen LogP contribution < -0.4 is 0 Å². The lowest BCUT2D eigenvalue weighted by atomic mass is 9.08. The zero-order valence-electron chi connectivity index (χ0n) is 9.98. The van der Waals surface area contributed by atoms with E-state index in [1.54, 1.807) is 24.3 Å². The Kier molecular flexibility index (Phi) is 8.41. The number of carbonyl (C=O) groups is 1. The van der Waals surface area contributed by atoms with Crippen molar-refractivity contribution in [3.8, 4) is 0 Å². The van der Waals surface area contributed by atoms with Gasteiger partial charge in [0.05, 0.1) is 19.2 Å². The van der Waals surface area contributed by atoms with Crippen LogP contribution >= 0.6 is 0 Å². The Labute approximate surface area is 110 Å². The second-order valence-electron chi connectivity index (χ2n) is 3.16. The van der Waals surface area contributed by atoms with Gasteiger partial charge in [0.25, 0.3) is 0 Å². The number of nitrogens with zero attached hydrogens (tertiary/aromatic N) is 3. The van der Waals surface area contributed by atoms with Crippen molar-refractivity contribution in [3.05, 3.63) is 45.8 Å². The van der Waals surface area contributed by atoms with Crippen LogP contribution in [0.3, 0.4) is 0 Å². The zero-order valence-corrected chi connectivity index (χ0v) is 9.98. The Morgan fingerprint density at radius 1 is 1.50 bits per heavy atom. The predicted molar refractivity (Wildman–Crippen MR) is 73.6 cm³/mol. The molecule has 6 radical (unpaired) electrons. The third-order valence-electron chi connectivity index (χ3n) is 1.66. The number of carbonyl (C=O) groups excluding carboxylic acids is 1. The summed E-state index contributed by atoms with van der Waals surface area (Å²) in [6.45, 7) is 0.237. The van der Waals surface area contributed by atoms with Crippen molar-refractivity contribution in [2.45, 2.75) is 6.54 Å². The third kappa shape index (κ3) is 7.52. The summed E-state index contributed by atoms with van der Waals surface area (Å²) in [5, 5.41) is 3.40. The quantitative estimate of drug-likeness (QED) is 0.254. The molecule has 1 rings (SSSR count). The molecule has 9 heteroatoms. The molecule has 0 saturated heterocycles. The summed E-state index contributed by atoms with van der Waals surface area (Å²) >= 11 is 0. The minimum absolute atomic E-state index is 0.237. The maximum absolute atomic E-state index is 11.1. The van der Waals surface area contributed by atoms with Crippen LogP contribution in [0.15, 0.2) is 29.4 Å².